The molecular weight excluding hydrogens is 524 g/mol. The highest BCUT2D eigenvalue weighted by Gasteiger charge is 1.96. The Kier molecular flexibility index (Phi) is 44.7. The van der Waals surface area contributed by atoms with Gasteiger partial charge >= 0.3 is 5.97 Å². The summed E-state index contributed by atoms with van der Waals surface area (Å²) in [5, 5.41) is 8.45. The van der Waals surface area contributed by atoms with E-state index in [1.165, 1.54) is 218 Å². The fourth-order valence-corrected chi connectivity index (χ4v) is 5.97. The second-order valence-electron chi connectivity index (χ2n) is 13.5. The van der Waals surface area contributed by atoms with Crippen LogP contribution in [-0.4, -0.2) is 11.1 Å². The maximum absolute atomic E-state index is 10.3. The van der Waals surface area contributed by atoms with Crippen molar-refractivity contribution in [2.75, 3.05) is 0 Å². The number of carbonyl (C=O) groups is 1. The van der Waals surface area contributed by atoms with Crippen molar-refractivity contribution < 1.29 is 9.90 Å². The Morgan fingerprint density at radius 2 is 0.535 bits per heavy atom. The van der Waals surface area contributed by atoms with Crippen molar-refractivity contribution >= 4 is 5.97 Å². The largest absolute Gasteiger partial charge is 0.478 e. The maximum Gasteiger partial charge on any atom is 0.327 e. The zero-order valence-electron chi connectivity index (χ0n) is 30.3. The van der Waals surface area contributed by atoms with Gasteiger partial charge in [-0.3, -0.25) is 0 Å². The second-order valence-corrected chi connectivity index (χ2v) is 13.5. The van der Waals surface area contributed by atoms with E-state index in [4.69, 9.17) is 5.11 Å². The summed E-state index contributed by atoms with van der Waals surface area (Å²) in [7, 11) is 0. The maximum atomic E-state index is 10.3. The molecule has 0 amide bonds. The SMILES string of the molecule is CCCCCCCCCCCCCCCCCC=CC(=O)O.CCCCCCCCCCCCCCCCCCCCC. The normalized spacial score (nSPS) is 11.2. The summed E-state index contributed by atoms with van der Waals surface area (Å²) in [4.78, 5) is 10.3. The Morgan fingerprint density at radius 1 is 0.349 bits per heavy atom. The molecule has 0 aliphatic heterocycles. The van der Waals surface area contributed by atoms with Crippen molar-refractivity contribution in [2.45, 2.75) is 245 Å². The molecule has 0 rings (SSSR count). The minimum Gasteiger partial charge on any atom is -0.478 e. The van der Waals surface area contributed by atoms with E-state index in [-0.39, 0.29) is 0 Å². The van der Waals surface area contributed by atoms with E-state index in [9.17, 15) is 4.79 Å². The van der Waals surface area contributed by atoms with E-state index >= 15 is 0 Å². The van der Waals surface area contributed by atoms with Gasteiger partial charge in [-0.2, -0.15) is 0 Å². The van der Waals surface area contributed by atoms with Gasteiger partial charge in [0.1, 0.15) is 0 Å². The molecule has 0 aromatic heterocycles. The number of unbranched alkanes of at least 4 members (excludes halogenated alkanes) is 33. The molecule has 2 nitrogen and oxygen atoms in total. The lowest BCUT2D eigenvalue weighted by molar-refractivity contribution is -0.131. The van der Waals surface area contributed by atoms with Gasteiger partial charge in [-0.05, 0) is 12.8 Å². The van der Waals surface area contributed by atoms with Crippen LogP contribution < -0.4 is 0 Å². The number of carboxylic acid groups (broad SMARTS) is 1. The van der Waals surface area contributed by atoms with Gasteiger partial charge in [0.2, 0.25) is 0 Å². The summed E-state index contributed by atoms with van der Waals surface area (Å²) in [6.45, 7) is 6.87. The monoisotopic (exact) mass is 607 g/mol. The lowest BCUT2D eigenvalue weighted by Crippen LogP contribution is -1.86. The average Bonchev–Trinajstić information content (AvgIpc) is 3.00. The summed E-state index contributed by atoms with van der Waals surface area (Å²) in [6.07, 6.45) is 52.4. The van der Waals surface area contributed by atoms with Crippen LogP contribution in [0.15, 0.2) is 12.2 Å². The summed E-state index contributed by atoms with van der Waals surface area (Å²) in [5.41, 5.74) is 0. The third-order valence-electron chi connectivity index (χ3n) is 8.94. The molecule has 0 aliphatic carbocycles. The van der Waals surface area contributed by atoms with Crippen LogP contribution in [-0.2, 0) is 4.79 Å². The lowest BCUT2D eigenvalue weighted by atomic mass is 10.0. The Balaban J connectivity index is 0. The zero-order valence-corrected chi connectivity index (χ0v) is 30.3. The first kappa shape index (κ1) is 44.3. The van der Waals surface area contributed by atoms with Crippen molar-refractivity contribution in [2.24, 2.45) is 0 Å². The Labute approximate surface area is 273 Å². The van der Waals surface area contributed by atoms with Crippen molar-refractivity contribution in [3.05, 3.63) is 12.2 Å². The third kappa shape index (κ3) is 48.3. The van der Waals surface area contributed by atoms with E-state index in [1.807, 2.05) is 0 Å². The van der Waals surface area contributed by atoms with E-state index in [2.05, 4.69) is 20.8 Å². The molecule has 0 bridgehead atoms. The highest BCUT2D eigenvalue weighted by atomic mass is 16.4. The number of hydrogen-bond donors (Lipinski definition) is 1. The predicted molar refractivity (Wildman–Crippen MR) is 195 cm³/mol. The second kappa shape index (κ2) is 43.3. The minimum absolute atomic E-state index is 0.832. The van der Waals surface area contributed by atoms with Crippen LogP contribution in [0.5, 0.6) is 0 Å². The van der Waals surface area contributed by atoms with Crippen LogP contribution in [0.25, 0.3) is 0 Å². The molecule has 0 atom stereocenters. The van der Waals surface area contributed by atoms with Gasteiger partial charge in [-0.25, -0.2) is 4.79 Å². The Hall–Kier alpha value is -0.790. The molecule has 0 saturated heterocycles. The lowest BCUT2D eigenvalue weighted by Gasteiger charge is -2.03. The number of allylic oxidation sites excluding steroid dienone is 1. The van der Waals surface area contributed by atoms with Gasteiger partial charge in [0.25, 0.3) is 0 Å². The van der Waals surface area contributed by atoms with E-state index in [0.29, 0.717) is 0 Å². The molecule has 0 aromatic rings. The highest BCUT2D eigenvalue weighted by Crippen LogP contribution is 2.15. The van der Waals surface area contributed by atoms with Crippen molar-refractivity contribution in [1.82, 2.24) is 0 Å². The van der Waals surface area contributed by atoms with Crippen molar-refractivity contribution in [1.29, 1.82) is 0 Å². The first-order valence-corrected chi connectivity index (χ1v) is 20.1. The molecule has 1 N–H and O–H groups in total. The predicted octanol–water partition coefficient (Wildman–Crippen LogP) is 15.3. The van der Waals surface area contributed by atoms with Crippen LogP contribution in [0.2, 0.25) is 0 Å². The first-order valence-electron chi connectivity index (χ1n) is 20.1. The topological polar surface area (TPSA) is 37.3 Å². The number of hydrogen-bond acceptors (Lipinski definition) is 1. The van der Waals surface area contributed by atoms with Crippen LogP contribution in [0.3, 0.4) is 0 Å². The molecule has 0 unspecified atom stereocenters. The van der Waals surface area contributed by atoms with E-state index < -0.39 is 5.97 Å². The zero-order chi connectivity index (χ0) is 31.7. The molecule has 258 valence electrons. The smallest absolute Gasteiger partial charge is 0.327 e. The highest BCUT2D eigenvalue weighted by molar-refractivity contribution is 5.79. The fraction of sp³-hybridized carbons (Fsp3) is 0.927. The number of carboxylic acids is 1. The number of rotatable bonds is 35. The Morgan fingerprint density at radius 3 is 0.721 bits per heavy atom. The fourth-order valence-electron chi connectivity index (χ4n) is 5.97. The molecule has 0 heterocycles. The van der Waals surface area contributed by atoms with Crippen LogP contribution in [0.1, 0.15) is 245 Å². The molecular formula is C41H82O2. The summed E-state index contributed by atoms with van der Waals surface area (Å²) in [5.74, 6) is -0.832. The molecule has 0 aliphatic rings. The molecule has 2 heteroatoms. The molecule has 0 saturated carbocycles. The average molecular weight is 607 g/mol. The van der Waals surface area contributed by atoms with Gasteiger partial charge in [0.15, 0.2) is 0 Å². The van der Waals surface area contributed by atoms with E-state index in [0.717, 1.165) is 12.8 Å². The van der Waals surface area contributed by atoms with Gasteiger partial charge in [0.05, 0.1) is 0 Å². The van der Waals surface area contributed by atoms with Crippen molar-refractivity contribution in [3.8, 4) is 0 Å². The van der Waals surface area contributed by atoms with E-state index in [1.54, 1.807) is 6.08 Å². The minimum atomic E-state index is -0.832. The molecule has 0 radical (unpaired) electrons. The number of aliphatic carboxylic acids is 1. The molecule has 0 aromatic carbocycles. The van der Waals surface area contributed by atoms with Gasteiger partial charge in [0, 0.05) is 6.08 Å². The third-order valence-corrected chi connectivity index (χ3v) is 8.94. The molecule has 43 heavy (non-hydrogen) atoms. The van der Waals surface area contributed by atoms with Crippen molar-refractivity contribution in [3.63, 3.8) is 0 Å². The van der Waals surface area contributed by atoms with Crippen LogP contribution in [0.4, 0.5) is 0 Å². The summed E-state index contributed by atoms with van der Waals surface area (Å²) >= 11 is 0. The molecule has 0 spiro atoms. The molecule has 0 fully saturated rings. The first-order chi connectivity index (χ1) is 21.2. The van der Waals surface area contributed by atoms with Gasteiger partial charge < -0.3 is 5.11 Å². The summed E-state index contributed by atoms with van der Waals surface area (Å²) < 4.78 is 0. The summed E-state index contributed by atoms with van der Waals surface area (Å²) in [6, 6.07) is 0. The van der Waals surface area contributed by atoms with Crippen LogP contribution in [0, 0.1) is 0 Å². The van der Waals surface area contributed by atoms with Crippen LogP contribution >= 0.6 is 0 Å². The standard InChI is InChI=1S/C21H44.C20H38O2/c1-3-5-7-9-11-13-15-17-19-21-20-18-16-14-12-10-8-6-4-2;1-2-3-4-5-6-7-8-9-10-11-12-13-14-15-16-17-18-19-20(21)22/h3-21H2,1-2H3;18-19H,2-17H2,1H3,(H,21,22). The quantitative estimate of drug-likeness (QED) is 0.0575. The van der Waals surface area contributed by atoms with Gasteiger partial charge in [-0.15, -0.1) is 0 Å². The van der Waals surface area contributed by atoms with Gasteiger partial charge in [-0.1, -0.05) is 239 Å². The Bertz CT molecular complexity index is 494.